The van der Waals surface area contributed by atoms with Crippen molar-refractivity contribution in [1.29, 1.82) is 0 Å². The Morgan fingerprint density at radius 3 is 1.80 bits per heavy atom. The molecular weight excluding hydrogens is 546 g/mol. The number of rotatable bonds is 18. The summed E-state index contributed by atoms with van der Waals surface area (Å²) in [5.41, 5.74) is 4.20. The molecule has 0 aliphatic heterocycles. The maximum Gasteiger partial charge on any atom is 0.201 e. The van der Waals surface area contributed by atoms with Crippen molar-refractivity contribution < 1.29 is 19.8 Å². The summed E-state index contributed by atoms with van der Waals surface area (Å²) in [5, 5.41) is 21.0. The molecule has 2 aliphatic rings. The topological polar surface area (TPSA) is 77.8 Å². The quantitative estimate of drug-likeness (QED) is 0.132. The lowest BCUT2D eigenvalue weighted by Gasteiger charge is -2.28. The Morgan fingerprint density at radius 2 is 1.25 bits per heavy atom. The van der Waals surface area contributed by atoms with Crippen LogP contribution in [-0.4, -0.2) is 28.3 Å². The number of aliphatic hydroxyl groups excluding tert-OH is 2. The van der Waals surface area contributed by atoms with Crippen LogP contribution < -0.4 is 4.90 Å². The number of aryl methyl sites for hydroxylation is 1. The molecule has 0 atom stereocenters. The molecule has 0 saturated heterocycles. The largest absolute Gasteiger partial charge is 0.507 e. The van der Waals surface area contributed by atoms with E-state index in [0.29, 0.717) is 5.56 Å². The van der Waals surface area contributed by atoms with Crippen molar-refractivity contribution in [2.24, 2.45) is 0 Å². The summed E-state index contributed by atoms with van der Waals surface area (Å²) in [6.07, 6.45) is 22.4. The molecule has 5 nitrogen and oxygen atoms in total. The van der Waals surface area contributed by atoms with E-state index in [9.17, 15) is 19.8 Å². The van der Waals surface area contributed by atoms with Gasteiger partial charge in [0, 0.05) is 29.6 Å². The Morgan fingerprint density at radius 1 is 0.659 bits per heavy atom. The first-order chi connectivity index (χ1) is 21.4. The molecule has 2 N–H and O–H groups in total. The van der Waals surface area contributed by atoms with Crippen LogP contribution in [0, 0.1) is 6.92 Å². The minimum atomic E-state index is -0.356. The summed E-state index contributed by atoms with van der Waals surface area (Å²) < 4.78 is 0. The number of nitrogens with zero attached hydrogens (tertiary/aromatic N) is 1. The third kappa shape index (κ3) is 8.62. The molecule has 0 saturated carbocycles. The van der Waals surface area contributed by atoms with Gasteiger partial charge < -0.3 is 15.1 Å². The van der Waals surface area contributed by atoms with E-state index in [2.05, 4.69) is 42.2 Å². The van der Waals surface area contributed by atoms with Crippen molar-refractivity contribution in [2.75, 3.05) is 11.4 Å². The van der Waals surface area contributed by atoms with Crippen molar-refractivity contribution in [3.05, 3.63) is 101 Å². The number of carbonyl (C=O) groups excluding carboxylic acids is 2. The van der Waals surface area contributed by atoms with E-state index in [1.165, 1.54) is 95.6 Å². The summed E-state index contributed by atoms with van der Waals surface area (Å²) in [6.45, 7) is 5.12. The zero-order valence-electron chi connectivity index (χ0n) is 26.6. The average Bonchev–Trinajstić information content (AvgIpc) is 3.02. The molecule has 0 heterocycles. The lowest BCUT2D eigenvalue weighted by atomic mass is 9.78. The molecule has 0 spiro atoms. The number of hydrogen-bond acceptors (Lipinski definition) is 5. The zero-order valence-corrected chi connectivity index (χ0v) is 26.6. The van der Waals surface area contributed by atoms with Crippen LogP contribution in [-0.2, 0) is 9.59 Å². The van der Waals surface area contributed by atoms with Crippen LogP contribution in [0.4, 0.5) is 11.4 Å². The summed E-state index contributed by atoms with van der Waals surface area (Å²) in [4.78, 5) is 27.0. The van der Waals surface area contributed by atoms with Crippen LogP contribution in [0.25, 0.3) is 5.57 Å². The number of ketones is 2. The molecule has 0 aromatic heterocycles. The van der Waals surface area contributed by atoms with Crippen LogP contribution in [0.2, 0.25) is 0 Å². The lowest BCUT2D eigenvalue weighted by molar-refractivity contribution is -0.112. The van der Waals surface area contributed by atoms with Crippen molar-refractivity contribution >= 4 is 28.5 Å². The van der Waals surface area contributed by atoms with Crippen LogP contribution >= 0.6 is 0 Å². The van der Waals surface area contributed by atoms with E-state index in [1.54, 1.807) is 0 Å². The molecule has 0 unspecified atom stereocenters. The number of aliphatic hydroxyl groups is 2. The number of allylic oxidation sites excluding steroid dienone is 5. The minimum Gasteiger partial charge on any atom is -0.507 e. The average molecular weight is 596 g/mol. The second kappa shape index (κ2) is 16.8. The number of unbranched alkanes of at least 4 members (excludes halogenated alkanes) is 13. The van der Waals surface area contributed by atoms with Gasteiger partial charge in [-0.15, -0.1) is 0 Å². The van der Waals surface area contributed by atoms with Gasteiger partial charge in [-0.2, -0.15) is 0 Å². The third-order valence-corrected chi connectivity index (χ3v) is 8.76. The van der Waals surface area contributed by atoms with Gasteiger partial charge in [-0.25, -0.2) is 0 Å². The van der Waals surface area contributed by atoms with Crippen LogP contribution in [0.15, 0.2) is 89.4 Å². The summed E-state index contributed by atoms with van der Waals surface area (Å²) in [7, 11) is 0. The second-order valence-corrected chi connectivity index (χ2v) is 12.2. The molecule has 0 radical (unpaired) electrons. The highest BCUT2D eigenvalue weighted by molar-refractivity contribution is 6.39. The number of para-hydroxylation sites is 1. The Kier molecular flexibility index (Phi) is 12.6. The molecule has 2 aromatic carbocycles. The fraction of sp³-hybridized carbons (Fsp3) is 0.436. The normalized spacial score (nSPS) is 16.4. The number of benzene rings is 2. The van der Waals surface area contributed by atoms with Crippen LogP contribution in [0.5, 0.6) is 0 Å². The summed E-state index contributed by atoms with van der Waals surface area (Å²) in [5.74, 6) is -1.15. The highest BCUT2D eigenvalue weighted by Gasteiger charge is 2.38. The van der Waals surface area contributed by atoms with Gasteiger partial charge in [0.05, 0.1) is 11.1 Å². The molecule has 234 valence electrons. The Bertz CT molecular complexity index is 1410. The molecule has 5 heteroatoms. The molecule has 0 bridgehead atoms. The van der Waals surface area contributed by atoms with Gasteiger partial charge in [-0.3, -0.25) is 9.59 Å². The van der Waals surface area contributed by atoms with E-state index < -0.39 is 0 Å². The van der Waals surface area contributed by atoms with Gasteiger partial charge in [0.25, 0.3) is 0 Å². The number of carbonyl (C=O) groups is 2. The summed E-state index contributed by atoms with van der Waals surface area (Å²) >= 11 is 0. The Hall–Kier alpha value is -3.86. The number of anilines is 2. The van der Waals surface area contributed by atoms with E-state index in [4.69, 9.17) is 0 Å². The molecule has 4 rings (SSSR count). The highest BCUT2D eigenvalue weighted by Crippen LogP contribution is 2.42. The van der Waals surface area contributed by atoms with Crippen molar-refractivity contribution in [2.45, 2.75) is 104 Å². The van der Waals surface area contributed by atoms with Gasteiger partial charge in [-0.05, 0) is 60.9 Å². The number of hydrogen-bond donors (Lipinski definition) is 2. The van der Waals surface area contributed by atoms with Crippen LogP contribution in [0.3, 0.4) is 0 Å². The molecule has 2 aliphatic carbocycles. The predicted octanol–water partition coefficient (Wildman–Crippen LogP) is 10.3. The van der Waals surface area contributed by atoms with Gasteiger partial charge >= 0.3 is 0 Å². The fourth-order valence-electron chi connectivity index (χ4n) is 6.20. The first kappa shape index (κ1) is 33.0. The van der Waals surface area contributed by atoms with Gasteiger partial charge in [0.1, 0.15) is 11.5 Å². The minimum absolute atomic E-state index is 0.0460. The standard InChI is InChI=1S/C39H49NO4/c1-3-4-5-6-7-8-9-10-11-12-13-14-15-19-26-40(30-20-17-16-18-21-30)31-22-24-33(29(2)27-31)36-38(43)37(39(36)44)34-25-23-32(41)28-35(34)42/h16-18,20-25,27-28,42-43H,3-15,19,26H2,1-2H3/b37-34+. The van der Waals surface area contributed by atoms with E-state index in [1.807, 2.05) is 25.1 Å². The maximum atomic E-state index is 13.1. The molecule has 2 aromatic rings. The smallest absolute Gasteiger partial charge is 0.201 e. The fourth-order valence-corrected chi connectivity index (χ4v) is 6.20. The van der Waals surface area contributed by atoms with Crippen molar-refractivity contribution in [3.63, 3.8) is 0 Å². The van der Waals surface area contributed by atoms with Gasteiger partial charge in [0.2, 0.25) is 5.78 Å². The van der Waals surface area contributed by atoms with E-state index >= 15 is 0 Å². The second-order valence-electron chi connectivity index (χ2n) is 12.2. The Balaban J connectivity index is 1.31. The van der Waals surface area contributed by atoms with Gasteiger partial charge in [0.15, 0.2) is 5.78 Å². The van der Waals surface area contributed by atoms with E-state index in [0.717, 1.165) is 36.0 Å². The predicted molar refractivity (Wildman–Crippen MR) is 181 cm³/mol. The first-order valence-corrected chi connectivity index (χ1v) is 16.7. The monoisotopic (exact) mass is 595 g/mol. The molecular formula is C39H49NO4. The van der Waals surface area contributed by atoms with Crippen molar-refractivity contribution in [3.8, 4) is 0 Å². The SMILES string of the molecule is CCCCCCCCCCCCCCCCN(c1ccccc1)c1ccc(C2=C(O)/C(=C3/C=CC(=O)C=C3O)C2=O)c(C)c1. The first-order valence-electron chi connectivity index (χ1n) is 16.7. The number of Topliss-reactive ketones (excluding diaryl/α,β-unsaturated/α-hetero) is 1. The lowest BCUT2D eigenvalue weighted by Crippen LogP contribution is -2.24. The molecule has 0 fully saturated rings. The van der Waals surface area contributed by atoms with E-state index in [-0.39, 0.29) is 39.8 Å². The summed E-state index contributed by atoms with van der Waals surface area (Å²) in [6, 6.07) is 16.3. The molecule has 0 amide bonds. The Labute approximate surface area is 263 Å². The third-order valence-electron chi connectivity index (χ3n) is 8.76. The molecule has 44 heavy (non-hydrogen) atoms. The maximum absolute atomic E-state index is 13.1. The van der Waals surface area contributed by atoms with Crippen molar-refractivity contribution in [1.82, 2.24) is 0 Å². The zero-order chi connectivity index (χ0) is 31.3. The van der Waals surface area contributed by atoms with Gasteiger partial charge in [-0.1, -0.05) is 115 Å². The van der Waals surface area contributed by atoms with Crippen LogP contribution in [0.1, 0.15) is 108 Å². The highest BCUT2D eigenvalue weighted by atomic mass is 16.3.